The van der Waals surface area contributed by atoms with E-state index in [1.165, 1.54) is 28.7 Å². The van der Waals surface area contributed by atoms with Gasteiger partial charge >= 0.3 is 0 Å². The molecule has 5 aromatic rings. The van der Waals surface area contributed by atoms with Crippen LogP contribution in [0.4, 0.5) is 11.4 Å². The number of tetrazole rings is 1. The van der Waals surface area contributed by atoms with Gasteiger partial charge < -0.3 is 5.32 Å². The first-order valence-electron chi connectivity index (χ1n) is 11.5. The number of aryl methyl sites for hydroxylation is 1. The molecule has 0 aliphatic rings. The lowest BCUT2D eigenvalue weighted by atomic mass is 10.2. The predicted molar refractivity (Wildman–Crippen MR) is 141 cm³/mol. The molecule has 0 saturated carbocycles. The van der Waals surface area contributed by atoms with Crippen molar-refractivity contribution in [2.75, 3.05) is 11.1 Å². The van der Waals surface area contributed by atoms with Gasteiger partial charge in [-0.25, -0.2) is 0 Å². The molecule has 0 radical (unpaired) electrons. The van der Waals surface area contributed by atoms with E-state index in [4.69, 9.17) is 0 Å². The van der Waals surface area contributed by atoms with Crippen LogP contribution >= 0.6 is 11.8 Å². The molecule has 0 bridgehead atoms. The van der Waals surface area contributed by atoms with E-state index in [9.17, 15) is 14.9 Å². The fourth-order valence-electron chi connectivity index (χ4n) is 3.65. The van der Waals surface area contributed by atoms with Gasteiger partial charge in [-0.3, -0.25) is 19.5 Å². The fraction of sp³-hybridized carbons (Fsp3) is 0.120. The van der Waals surface area contributed by atoms with Crippen molar-refractivity contribution in [3.05, 3.63) is 100 Å². The largest absolute Gasteiger partial charge is 0.325 e. The lowest BCUT2D eigenvalue weighted by molar-refractivity contribution is -0.384. The zero-order valence-electron chi connectivity index (χ0n) is 20.1. The molecule has 1 N–H and O–H groups in total. The van der Waals surface area contributed by atoms with Gasteiger partial charge in [0.05, 0.1) is 16.4 Å². The molecule has 2 aromatic heterocycles. The Hall–Kier alpha value is -4.91. The summed E-state index contributed by atoms with van der Waals surface area (Å²) in [5.74, 6) is 0.755. The Morgan fingerprint density at radius 3 is 2.47 bits per heavy atom. The van der Waals surface area contributed by atoms with Crippen molar-refractivity contribution in [1.29, 1.82) is 0 Å². The summed E-state index contributed by atoms with van der Waals surface area (Å²) in [6.07, 6.45) is 0. The number of nitrogens with zero attached hydrogens (tertiary/aromatic N) is 8. The average Bonchev–Trinajstić information content (AvgIpc) is 3.57. The highest BCUT2D eigenvalue weighted by atomic mass is 32.2. The lowest BCUT2D eigenvalue weighted by Crippen LogP contribution is -2.16. The predicted octanol–water partition coefficient (Wildman–Crippen LogP) is 3.92. The van der Waals surface area contributed by atoms with Gasteiger partial charge in [0.1, 0.15) is 6.54 Å². The third kappa shape index (κ3) is 5.57. The van der Waals surface area contributed by atoms with Crippen molar-refractivity contribution in [2.45, 2.75) is 18.6 Å². The molecule has 12 nitrogen and oxygen atoms in total. The van der Waals surface area contributed by atoms with E-state index >= 15 is 0 Å². The van der Waals surface area contributed by atoms with Crippen LogP contribution in [0.15, 0.2) is 84.0 Å². The van der Waals surface area contributed by atoms with Gasteiger partial charge in [0.2, 0.25) is 11.7 Å². The Bertz CT molecular complexity index is 1590. The maximum absolute atomic E-state index is 12.7. The van der Waals surface area contributed by atoms with Gasteiger partial charge in [-0.2, -0.15) is 4.80 Å². The number of anilines is 1. The molecular formula is C25H21N9O3S. The number of rotatable bonds is 9. The summed E-state index contributed by atoms with van der Waals surface area (Å²) >= 11 is 1.20. The lowest BCUT2D eigenvalue weighted by Gasteiger charge is -2.10. The third-order valence-corrected chi connectivity index (χ3v) is 6.45. The minimum atomic E-state index is -0.500. The molecule has 0 aliphatic carbocycles. The average molecular weight is 528 g/mol. The highest BCUT2D eigenvalue weighted by Gasteiger charge is 2.18. The number of amides is 1. The van der Waals surface area contributed by atoms with Crippen LogP contribution < -0.4 is 5.32 Å². The van der Waals surface area contributed by atoms with Crippen LogP contribution in [0, 0.1) is 17.0 Å². The molecule has 2 heterocycles. The summed E-state index contributed by atoms with van der Waals surface area (Å²) in [6.45, 7) is 1.98. The molecule has 5 rings (SSSR count). The van der Waals surface area contributed by atoms with Gasteiger partial charge in [0, 0.05) is 23.4 Å². The Balaban J connectivity index is 1.35. The molecule has 38 heavy (non-hydrogen) atoms. The number of nitrogens with one attached hydrogen (secondary N) is 1. The third-order valence-electron chi connectivity index (χ3n) is 5.52. The number of nitro groups is 1. The highest BCUT2D eigenvalue weighted by Crippen LogP contribution is 2.25. The second-order valence-electron chi connectivity index (χ2n) is 8.17. The van der Waals surface area contributed by atoms with Gasteiger partial charge in [0.15, 0.2) is 11.0 Å². The molecule has 0 saturated heterocycles. The molecule has 3 aromatic carbocycles. The molecular weight excluding hydrogens is 506 g/mol. The van der Waals surface area contributed by atoms with Crippen molar-refractivity contribution in [3.8, 4) is 17.1 Å². The number of non-ortho nitro benzene ring substituents is 1. The number of nitro benzene ring substituents is 1. The van der Waals surface area contributed by atoms with Crippen LogP contribution in [-0.2, 0) is 11.3 Å². The molecule has 1 amide bonds. The second kappa shape index (κ2) is 11.0. The summed E-state index contributed by atoms with van der Waals surface area (Å²) in [7, 11) is 0. The van der Waals surface area contributed by atoms with E-state index in [1.54, 1.807) is 13.0 Å². The number of hydrogen-bond acceptors (Lipinski definition) is 9. The van der Waals surface area contributed by atoms with Gasteiger partial charge in [0.25, 0.3) is 5.69 Å². The standard InChI is InChI=1S/C25H21N9O3S/c1-17-12-13-20(34(36)37)14-21(17)26-23(35)16-38-25-29-27-22(33(25)19-10-6-3-7-11-19)15-32-30-24(28-31-32)18-8-4-2-5-9-18/h2-14H,15-16H2,1H3,(H,26,35). The number of carbonyl (C=O) groups excluding carboxylic acids is 1. The van der Waals surface area contributed by atoms with Crippen LogP contribution in [-0.4, -0.2) is 51.6 Å². The smallest absolute Gasteiger partial charge is 0.271 e. The van der Waals surface area contributed by atoms with E-state index in [1.807, 2.05) is 65.2 Å². The van der Waals surface area contributed by atoms with Gasteiger partial charge in [-0.1, -0.05) is 66.4 Å². The Kier molecular flexibility index (Phi) is 7.17. The number of para-hydroxylation sites is 1. The highest BCUT2D eigenvalue weighted by molar-refractivity contribution is 7.99. The number of thioether (sulfide) groups is 1. The van der Waals surface area contributed by atoms with Crippen molar-refractivity contribution >= 4 is 29.0 Å². The van der Waals surface area contributed by atoms with Gasteiger partial charge in [-0.15, -0.1) is 20.4 Å². The maximum atomic E-state index is 12.7. The maximum Gasteiger partial charge on any atom is 0.271 e. The van der Waals surface area contributed by atoms with E-state index in [-0.39, 0.29) is 23.9 Å². The Morgan fingerprint density at radius 2 is 1.74 bits per heavy atom. The SMILES string of the molecule is Cc1ccc([N+](=O)[O-])cc1NC(=O)CSc1nnc(Cn2nnc(-c3ccccc3)n2)n1-c1ccccc1. The Labute approximate surface area is 220 Å². The van der Waals surface area contributed by atoms with Gasteiger partial charge in [-0.05, 0) is 29.8 Å². The monoisotopic (exact) mass is 527 g/mol. The first kappa shape index (κ1) is 24.8. The normalized spacial score (nSPS) is 10.9. The minimum absolute atomic E-state index is 0.0207. The molecule has 0 unspecified atom stereocenters. The molecule has 13 heteroatoms. The first-order chi connectivity index (χ1) is 18.5. The summed E-state index contributed by atoms with van der Waals surface area (Å²) in [5.41, 5.74) is 2.68. The van der Waals surface area contributed by atoms with E-state index in [0.717, 1.165) is 16.8 Å². The topological polar surface area (TPSA) is 147 Å². The van der Waals surface area contributed by atoms with E-state index in [0.29, 0.717) is 22.5 Å². The van der Waals surface area contributed by atoms with Crippen molar-refractivity contribution < 1.29 is 9.72 Å². The fourth-order valence-corrected chi connectivity index (χ4v) is 4.42. The molecule has 0 fully saturated rings. The Morgan fingerprint density at radius 1 is 1.00 bits per heavy atom. The van der Waals surface area contributed by atoms with Crippen molar-refractivity contribution in [3.63, 3.8) is 0 Å². The summed E-state index contributed by atoms with van der Waals surface area (Å²) < 4.78 is 1.84. The van der Waals surface area contributed by atoms with Crippen molar-refractivity contribution in [2.24, 2.45) is 0 Å². The van der Waals surface area contributed by atoms with Crippen LogP contribution in [0.2, 0.25) is 0 Å². The number of benzene rings is 3. The van der Waals surface area contributed by atoms with Crippen LogP contribution in [0.25, 0.3) is 17.1 Å². The van der Waals surface area contributed by atoms with Crippen LogP contribution in [0.3, 0.4) is 0 Å². The summed E-state index contributed by atoms with van der Waals surface area (Å²) in [4.78, 5) is 24.7. The quantitative estimate of drug-likeness (QED) is 0.171. The number of carbonyl (C=O) groups is 1. The summed E-state index contributed by atoms with van der Waals surface area (Å²) in [6, 6.07) is 23.4. The molecule has 190 valence electrons. The number of aromatic nitrogens is 7. The van der Waals surface area contributed by atoms with Crippen molar-refractivity contribution in [1.82, 2.24) is 35.0 Å². The number of hydrogen-bond donors (Lipinski definition) is 1. The molecule has 0 atom stereocenters. The van der Waals surface area contributed by atoms with Crippen LogP contribution in [0.5, 0.6) is 0 Å². The zero-order chi connectivity index (χ0) is 26.5. The minimum Gasteiger partial charge on any atom is -0.325 e. The second-order valence-corrected chi connectivity index (χ2v) is 9.11. The van der Waals surface area contributed by atoms with E-state index in [2.05, 4.69) is 30.9 Å². The zero-order valence-corrected chi connectivity index (χ0v) is 20.9. The van der Waals surface area contributed by atoms with E-state index < -0.39 is 4.92 Å². The summed E-state index contributed by atoms with van der Waals surface area (Å²) in [5, 5.41) is 35.7. The molecule has 0 aliphatic heterocycles. The van der Waals surface area contributed by atoms with Crippen LogP contribution in [0.1, 0.15) is 11.4 Å². The molecule has 0 spiro atoms. The first-order valence-corrected chi connectivity index (χ1v) is 12.5.